The van der Waals surface area contributed by atoms with E-state index in [1.807, 2.05) is 0 Å². The number of rotatable bonds is 4. The van der Waals surface area contributed by atoms with Crippen LogP contribution in [0.4, 0.5) is 0 Å². The van der Waals surface area contributed by atoms with Crippen molar-refractivity contribution in [3.63, 3.8) is 0 Å². The first-order valence-electron chi connectivity index (χ1n) is 5.90. The zero-order chi connectivity index (χ0) is 14.7. The second kappa shape index (κ2) is 5.60. The summed E-state index contributed by atoms with van der Waals surface area (Å²) in [7, 11) is 2.50. The van der Waals surface area contributed by atoms with Gasteiger partial charge in [0.15, 0.2) is 0 Å². The molecule has 0 unspecified atom stereocenters. The molecule has 106 valence electrons. The first-order valence-corrected chi connectivity index (χ1v) is 5.90. The molecular formula is C13H14N2O5. The molecule has 0 aliphatic heterocycles. The number of ether oxygens (including phenoxy) is 2. The van der Waals surface area contributed by atoms with Crippen LogP contribution in [0.2, 0.25) is 0 Å². The summed E-state index contributed by atoms with van der Waals surface area (Å²) >= 11 is 0. The maximum Gasteiger partial charge on any atom is 0.330 e. The lowest BCUT2D eigenvalue weighted by molar-refractivity contribution is -0.141. The number of nitrogens with zero attached hydrogens (tertiary/aromatic N) is 2. The van der Waals surface area contributed by atoms with Crippen molar-refractivity contribution in [2.24, 2.45) is 0 Å². The van der Waals surface area contributed by atoms with Gasteiger partial charge in [-0.1, -0.05) is 12.1 Å². The number of hydrogen-bond acceptors (Lipinski definition) is 5. The summed E-state index contributed by atoms with van der Waals surface area (Å²) < 4.78 is 11.7. The van der Waals surface area contributed by atoms with Gasteiger partial charge in [0.2, 0.25) is 0 Å². The standard InChI is InChI=1S/C13H14N2O5/c1-19-11(16)7-14-9-5-3-4-6-10(9)15(13(14)18)8-12(17)20-2/h3-6H,7-8H2,1-2H3. The molecular weight excluding hydrogens is 264 g/mol. The van der Waals surface area contributed by atoms with Gasteiger partial charge in [-0.15, -0.1) is 0 Å². The Morgan fingerprint density at radius 1 is 0.950 bits per heavy atom. The molecule has 7 heteroatoms. The predicted octanol–water partition coefficient (Wildman–Crippen LogP) is 0.149. The molecule has 7 nitrogen and oxygen atoms in total. The van der Waals surface area contributed by atoms with Gasteiger partial charge in [0.1, 0.15) is 13.1 Å². The Morgan fingerprint density at radius 3 is 1.70 bits per heavy atom. The lowest BCUT2D eigenvalue weighted by Gasteiger charge is -2.01. The molecule has 2 aromatic rings. The molecule has 0 spiro atoms. The zero-order valence-electron chi connectivity index (χ0n) is 11.2. The van der Waals surface area contributed by atoms with E-state index in [4.69, 9.17) is 0 Å². The topological polar surface area (TPSA) is 79.5 Å². The van der Waals surface area contributed by atoms with Crippen LogP contribution >= 0.6 is 0 Å². The van der Waals surface area contributed by atoms with E-state index < -0.39 is 17.6 Å². The summed E-state index contributed by atoms with van der Waals surface area (Å²) in [4.78, 5) is 35.1. The number of imidazole rings is 1. The SMILES string of the molecule is COC(=O)Cn1c(=O)n(CC(=O)OC)c2ccccc21. The van der Waals surface area contributed by atoms with Gasteiger partial charge in [0, 0.05) is 0 Å². The van der Waals surface area contributed by atoms with Crippen molar-refractivity contribution >= 4 is 23.0 Å². The van der Waals surface area contributed by atoms with Gasteiger partial charge in [-0.05, 0) is 12.1 Å². The van der Waals surface area contributed by atoms with Crippen LogP contribution < -0.4 is 5.69 Å². The minimum atomic E-state index is -0.534. The number of aromatic nitrogens is 2. The quantitative estimate of drug-likeness (QED) is 0.744. The molecule has 0 atom stereocenters. The molecule has 0 radical (unpaired) electrons. The van der Waals surface area contributed by atoms with E-state index >= 15 is 0 Å². The highest BCUT2D eigenvalue weighted by Gasteiger charge is 2.17. The maximum absolute atomic E-state index is 12.3. The molecule has 0 saturated carbocycles. The van der Waals surface area contributed by atoms with Gasteiger partial charge in [-0.3, -0.25) is 18.7 Å². The number of carbonyl (C=O) groups excluding carboxylic acids is 2. The highest BCUT2D eigenvalue weighted by Crippen LogP contribution is 2.12. The van der Waals surface area contributed by atoms with Crippen LogP contribution in [0.1, 0.15) is 0 Å². The Morgan fingerprint density at radius 2 is 1.35 bits per heavy atom. The third-order valence-electron chi connectivity index (χ3n) is 2.95. The van der Waals surface area contributed by atoms with Gasteiger partial charge < -0.3 is 9.47 Å². The van der Waals surface area contributed by atoms with Crippen molar-refractivity contribution < 1.29 is 19.1 Å². The number of para-hydroxylation sites is 2. The van der Waals surface area contributed by atoms with Crippen LogP contribution in [-0.4, -0.2) is 35.3 Å². The molecule has 1 heterocycles. The average molecular weight is 278 g/mol. The zero-order valence-corrected chi connectivity index (χ0v) is 11.2. The number of methoxy groups -OCH3 is 2. The van der Waals surface area contributed by atoms with Gasteiger partial charge in [-0.25, -0.2) is 4.79 Å². The number of esters is 2. The Bertz CT molecular complexity index is 655. The van der Waals surface area contributed by atoms with Gasteiger partial charge in [0.25, 0.3) is 0 Å². The fraction of sp³-hybridized carbons (Fsp3) is 0.308. The molecule has 0 aliphatic carbocycles. The predicted molar refractivity (Wildman–Crippen MR) is 70.2 cm³/mol. The van der Waals surface area contributed by atoms with E-state index in [-0.39, 0.29) is 13.1 Å². The van der Waals surface area contributed by atoms with Gasteiger partial charge >= 0.3 is 17.6 Å². The fourth-order valence-electron chi connectivity index (χ4n) is 1.97. The second-order valence-electron chi connectivity index (χ2n) is 4.10. The molecule has 1 aromatic carbocycles. The normalized spacial score (nSPS) is 10.5. The molecule has 0 fully saturated rings. The molecule has 20 heavy (non-hydrogen) atoms. The number of fused-ring (bicyclic) bond motifs is 1. The Balaban J connectivity index is 2.58. The minimum absolute atomic E-state index is 0.204. The Kier molecular flexibility index (Phi) is 3.88. The summed E-state index contributed by atoms with van der Waals surface area (Å²) in [5, 5.41) is 0. The largest absolute Gasteiger partial charge is 0.468 e. The molecule has 0 aliphatic rings. The van der Waals surface area contributed by atoms with Crippen molar-refractivity contribution in [3.8, 4) is 0 Å². The lowest BCUT2D eigenvalue weighted by Crippen LogP contribution is -2.29. The van der Waals surface area contributed by atoms with Crippen molar-refractivity contribution in [3.05, 3.63) is 34.7 Å². The number of benzene rings is 1. The van der Waals surface area contributed by atoms with Gasteiger partial charge in [-0.2, -0.15) is 0 Å². The van der Waals surface area contributed by atoms with E-state index in [0.29, 0.717) is 11.0 Å². The van der Waals surface area contributed by atoms with E-state index in [1.165, 1.54) is 23.4 Å². The molecule has 0 bridgehead atoms. The van der Waals surface area contributed by atoms with Crippen LogP contribution in [0.25, 0.3) is 11.0 Å². The van der Waals surface area contributed by atoms with E-state index in [9.17, 15) is 14.4 Å². The summed E-state index contributed by atoms with van der Waals surface area (Å²) in [5.74, 6) is -1.07. The number of hydrogen-bond donors (Lipinski definition) is 0. The second-order valence-corrected chi connectivity index (χ2v) is 4.10. The van der Waals surface area contributed by atoms with E-state index in [0.717, 1.165) is 0 Å². The lowest BCUT2D eigenvalue weighted by atomic mass is 10.3. The van der Waals surface area contributed by atoms with Crippen molar-refractivity contribution in [2.45, 2.75) is 13.1 Å². The molecule has 0 amide bonds. The molecule has 0 saturated heterocycles. The maximum atomic E-state index is 12.3. The molecule has 0 N–H and O–H groups in total. The Labute approximate surface area is 114 Å². The third-order valence-corrected chi connectivity index (χ3v) is 2.95. The van der Waals surface area contributed by atoms with Gasteiger partial charge in [0.05, 0.1) is 25.3 Å². The summed E-state index contributed by atoms with van der Waals surface area (Å²) in [6.07, 6.45) is 0. The minimum Gasteiger partial charge on any atom is -0.468 e. The van der Waals surface area contributed by atoms with Crippen molar-refractivity contribution in [1.82, 2.24) is 9.13 Å². The first kappa shape index (κ1) is 13.9. The third kappa shape index (κ3) is 2.42. The van der Waals surface area contributed by atoms with Crippen LogP contribution in [0.3, 0.4) is 0 Å². The van der Waals surface area contributed by atoms with Crippen molar-refractivity contribution in [1.29, 1.82) is 0 Å². The molecule has 1 aromatic heterocycles. The van der Waals surface area contributed by atoms with Crippen LogP contribution in [0.5, 0.6) is 0 Å². The average Bonchev–Trinajstić information content (AvgIpc) is 2.72. The van der Waals surface area contributed by atoms with Crippen LogP contribution in [-0.2, 0) is 32.2 Å². The smallest absolute Gasteiger partial charge is 0.330 e. The summed E-state index contributed by atoms with van der Waals surface area (Å²) in [6, 6.07) is 6.90. The summed E-state index contributed by atoms with van der Waals surface area (Å²) in [6.45, 7) is -0.409. The van der Waals surface area contributed by atoms with E-state index in [1.54, 1.807) is 24.3 Å². The Hall–Kier alpha value is -2.57. The highest BCUT2D eigenvalue weighted by atomic mass is 16.5. The highest BCUT2D eigenvalue weighted by molar-refractivity contribution is 5.80. The van der Waals surface area contributed by atoms with Crippen molar-refractivity contribution in [2.75, 3.05) is 14.2 Å². The van der Waals surface area contributed by atoms with E-state index in [2.05, 4.69) is 9.47 Å². The first-order chi connectivity index (χ1) is 9.58. The number of carbonyl (C=O) groups is 2. The van der Waals surface area contributed by atoms with Crippen LogP contribution in [0.15, 0.2) is 29.1 Å². The monoisotopic (exact) mass is 278 g/mol. The summed E-state index contributed by atoms with van der Waals surface area (Å²) in [5.41, 5.74) is 0.667. The van der Waals surface area contributed by atoms with Crippen LogP contribution in [0, 0.1) is 0 Å². The molecule has 2 rings (SSSR count). The fourth-order valence-corrected chi connectivity index (χ4v) is 1.97.